The second-order valence-electron chi connectivity index (χ2n) is 5.75. The average molecular weight is 376 g/mol. The molecule has 0 aromatic heterocycles. The van der Waals surface area contributed by atoms with Gasteiger partial charge in [-0.1, -0.05) is 46.3 Å². The van der Waals surface area contributed by atoms with E-state index in [1.54, 1.807) is 0 Å². The molecule has 1 N–H and O–H groups in total. The van der Waals surface area contributed by atoms with Crippen LogP contribution in [0.4, 0.5) is 0 Å². The van der Waals surface area contributed by atoms with Crippen molar-refractivity contribution in [3.63, 3.8) is 0 Å². The van der Waals surface area contributed by atoms with Crippen molar-refractivity contribution in [1.82, 2.24) is 5.32 Å². The first-order valence-electron chi connectivity index (χ1n) is 8.11. The lowest BCUT2D eigenvalue weighted by Gasteiger charge is -2.15. The number of benzene rings is 2. The van der Waals surface area contributed by atoms with Crippen molar-refractivity contribution >= 4 is 15.9 Å². The van der Waals surface area contributed by atoms with E-state index in [9.17, 15) is 0 Å². The quantitative estimate of drug-likeness (QED) is 0.726. The Balaban J connectivity index is 1.73. The molecule has 1 aliphatic carbocycles. The molecule has 0 unspecified atom stereocenters. The first kappa shape index (κ1) is 16.3. The number of halogens is 1. The van der Waals surface area contributed by atoms with Crippen LogP contribution in [0.15, 0.2) is 46.9 Å². The Kier molecular flexibility index (Phi) is 5.57. The van der Waals surface area contributed by atoms with Crippen LogP contribution < -0.4 is 14.8 Å². The average Bonchev–Trinajstić information content (AvgIpc) is 3.39. The van der Waals surface area contributed by atoms with Crippen LogP contribution in [0.3, 0.4) is 0 Å². The van der Waals surface area contributed by atoms with Gasteiger partial charge in [-0.3, -0.25) is 0 Å². The minimum absolute atomic E-state index is 0.535. The minimum Gasteiger partial charge on any atom is -0.490 e. The van der Waals surface area contributed by atoms with Crippen LogP contribution in [-0.4, -0.2) is 12.6 Å². The molecule has 0 radical (unpaired) electrons. The highest BCUT2D eigenvalue weighted by Gasteiger charge is 2.21. The summed E-state index contributed by atoms with van der Waals surface area (Å²) in [5.74, 6) is 1.58. The van der Waals surface area contributed by atoms with Gasteiger partial charge >= 0.3 is 0 Å². The zero-order valence-electron chi connectivity index (χ0n) is 13.3. The largest absolute Gasteiger partial charge is 0.490 e. The Bertz CT molecular complexity index is 641. The third-order valence-electron chi connectivity index (χ3n) is 3.81. The highest BCUT2D eigenvalue weighted by atomic mass is 79.9. The van der Waals surface area contributed by atoms with Gasteiger partial charge in [0.1, 0.15) is 6.61 Å². The molecule has 0 amide bonds. The van der Waals surface area contributed by atoms with Crippen molar-refractivity contribution in [3.8, 4) is 11.5 Å². The molecule has 122 valence electrons. The van der Waals surface area contributed by atoms with E-state index in [2.05, 4.69) is 39.4 Å². The smallest absolute Gasteiger partial charge is 0.162 e. The van der Waals surface area contributed by atoms with E-state index in [0.29, 0.717) is 19.3 Å². The Morgan fingerprint density at radius 2 is 1.83 bits per heavy atom. The van der Waals surface area contributed by atoms with Gasteiger partial charge < -0.3 is 14.8 Å². The second kappa shape index (κ2) is 7.84. The third-order valence-corrected chi connectivity index (χ3v) is 4.55. The van der Waals surface area contributed by atoms with Crippen molar-refractivity contribution in [2.45, 2.75) is 39.0 Å². The topological polar surface area (TPSA) is 30.5 Å². The molecule has 0 spiro atoms. The summed E-state index contributed by atoms with van der Waals surface area (Å²) in [5.41, 5.74) is 2.35. The summed E-state index contributed by atoms with van der Waals surface area (Å²) in [6.45, 7) is 4.00. The van der Waals surface area contributed by atoms with Crippen LogP contribution in [0.5, 0.6) is 11.5 Å². The molecule has 2 aromatic rings. The van der Waals surface area contributed by atoms with Crippen molar-refractivity contribution < 1.29 is 9.47 Å². The fourth-order valence-electron chi connectivity index (χ4n) is 2.37. The van der Waals surface area contributed by atoms with Crippen LogP contribution in [-0.2, 0) is 13.2 Å². The van der Waals surface area contributed by atoms with Crippen molar-refractivity contribution in [2.24, 2.45) is 0 Å². The van der Waals surface area contributed by atoms with Crippen LogP contribution in [0, 0.1) is 0 Å². The maximum absolute atomic E-state index is 5.97. The maximum atomic E-state index is 5.97. The van der Waals surface area contributed by atoms with Gasteiger partial charge in [0.05, 0.1) is 6.61 Å². The molecule has 0 saturated heterocycles. The minimum atomic E-state index is 0.535. The summed E-state index contributed by atoms with van der Waals surface area (Å²) in [4.78, 5) is 0. The predicted octanol–water partition coefficient (Wildman–Crippen LogP) is 4.68. The lowest BCUT2D eigenvalue weighted by Crippen LogP contribution is -2.15. The molecule has 2 aromatic carbocycles. The lowest BCUT2D eigenvalue weighted by atomic mass is 10.2. The molecule has 0 atom stereocenters. The van der Waals surface area contributed by atoms with E-state index < -0.39 is 0 Å². The normalized spacial score (nSPS) is 13.8. The number of rotatable bonds is 8. The fraction of sp³-hybridized carbons (Fsp3) is 0.368. The van der Waals surface area contributed by atoms with Crippen molar-refractivity contribution in [2.75, 3.05) is 6.61 Å². The van der Waals surface area contributed by atoms with Gasteiger partial charge in [0, 0.05) is 17.1 Å². The molecule has 3 rings (SSSR count). The number of hydrogen-bond donors (Lipinski definition) is 1. The summed E-state index contributed by atoms with van der Waals surface area (Å²) in [5, 5.41) is 3.53. The van der Waals surface area contributed by atoms with E-state index >= 15 is 0 Å². The van der Waals surface area contributed by atoms with Crippen molar-refractivity contribution in [3.05, 3.63) is 58.1 Å². The summed E-state index contributed by atoms with van der Waals surface area (Å²) >= 11 is 3.65. The fourth-order valence-corrected chi connectivity index (χ4v) is 2.83. The highest BCUT2D eigenvalue weighted by Crippen LogP contribution is 2.35. The third kappa shape index (κ3) is 4.72. The standard InChI is InChI=1S/C19H22BrNO2/c1-2-22-18-10-15(12-21-16-8-9-16)17(20)11-19(18)23-13-14-6-4-3-5-7-14/h3-7,10-11,16,21H,2,8-9,12-13H2,1H3. The zero-order chi connectivity index (χ0) is 16.1. The van der Waals surface area contributed by atoms with Gasteiger partial charge in [-0.05, 0) is 43.0 Å². The van der Waals surface area contributed by atoms with Gasteiger partial charge in [-0.25, -0.2) is 0 Å². The van der Waals surface area contributed by atoms with E-state index in [4.69, 9.17) is 9.47 Å². The number of ether oxygens (including phenoxy) is 2. The summed E-state index contributed by atoms with van der Waals surface area (Å²) in [7, 11) is 0. The molecule has 1 fully saturated rings. The molecule has 0 bridgehead atoms. The molecule has 0 aliphatic heterocycles. The molecule has 1 saturated carbocycles. The Morgan fingerprint density at radius 1 is 1.09 bits per heavy atom. The zero-order valence-corrected chi connectivity index (χ0v) is 14.9. The summed E-state index contributed by atoms with van der Waals surface area (Å²) in [6.07, 6.45) is 2.57. The molecular weight excluding hydrogens is 354 g/mol. The van der Waals surface area contributed by atoms with Gasteiger partial charge in [-0.15, -0.1) is 0 Å². The Morgan fingerprint density at radius 3 is 2.52 bits per heavy atom. The second-order valence-corrected chi connectivity index (χ2v) is 6.61. The highest BCUT2D eigenvalue weighted by molar-refractivity contribution is 9.10. The number of hydrogen-bond acceptors (Lipinski definition) is 3. The van der Waals surface area contributed by atoms with Crippen molar-refractivity contribution in [1.29, 1.82) is 0 Å². The first-order valence-corrected chi connectivity index (χ1v) is 8.91. The SMILES string of the molecule is CCOc1cc(CNC2CC2)c(Br)cc1OCc1ccccc1. The van der Waals surface area contributed by atoms with Gasteiger partial charge in [0.2, 0.25) is 0 Å². The monoisotopic (exact) mass is 375 g/mol. The number of nitrogens with one attached hydrogen (secondary N) is 1. The molecule has 3 nitrogen and oxygen atoms in total. The Labute approximate surface area is 146 Å². The Hall–Kier alpha value is -1.52. The molecule has 4 heteroatoms. The van der Waals surface area contributed by atoms with Crippen LogP contribution in [0.2, 0.25) is 0 Å². The molecule has 1 aliphatic rings. The van der Waals surface area contributed by atoms with Crippen LogP contribution in [0.25, 0.3) is 0 Å². The molecular formula is C19H22BrNO2. The van der Waals surface area contributed by atoms with Gasteiger partial charge in [0.25, 0.3) is 0 Å². The van der Waals surface area contributed by atoms with Crippen LogP contribution >= 0.6 is 15.9 Å². The predicted molar refractivity (Wildman–Crippen MR) is 95.9 cm³/mol. The first-order chi connectivity index (χ1) is 11.3. The molecule has 0 heterocycles. The van der Waals surface area contributed by atoms with Crippen LogP contribution in [0.1, 0.15) is 30.9 Å². The van der Waals surface area contributed by atoms with E-state index in [-0.39, 0.29) is 0 Å². The van der Waals surface area contributed by atoms with Gasteiger partial charge in [0.15, 0.2) is 11.5 Å². The summed E-state index contributed by atoms with van der Waals surface area (Å²) in [6, 6.07) is 14.9. The van der Waals surface area contributed by atoms with E-state index in [1.165, 1.54) is 18.4 Å². The summed E-state index contributed by atoms with van der Waals surface area (Å²) < 4.78 is 12.8. The lowest BCUT2D eigenvalue weighted by molar-refractivity contribution is 0.269. The van der Waals surface area contributed by atoms with E-state index in [0.717, 1.165) is 28.1 Å². The van der Waals surface area contributed by atoms with Gasteiger partial charge in [-0.2, -0.15) is 0 Å². The maximum Gasteiger partial charge on any atom is 0.162 e. The van der Waals surface area contributed by atoms with E-state index in [1.807, 2.05) is 31.2 Å². The molecule has 23 heavy (non-hydrogen) atoms.